The summed E-state index contributed by atoms with van der Waals surface area (Å²) in [5, 5.41) is 10.8. The molecule has 2 aliphatic rings. The van der Waals surface area contributed by atoms with E-state index in [1.54, 1.807) is 18.2 Å². The van der Waals surface area contributed by atoms with E-state index in [9.17, 15) is 29.1 Å². The smallest absolute Gasteiger partial charge is 0.303 e. The summed E-state index contributed by atoms with van der Waals surface area (Å²) in [6.45, 7) is 5.83. The fraction of sp³-hybridized carbons (Fsp3) is 0.469. The van der Waals surface area contributed by atoms with Crippen molar-refractivity contribution in [2.75, 3.05) is 20.0 Å². The first kappa shape index (κ1) is 34.0. The van der Waals surface area contributed by atoms with Crippen LogP contribution in [0.5, 0.6) is 23.0 Å². The summed E-state index contributed by atoms with van der Waals surface area (Å²) in [6, 6.07) is 8.01. The van der Waals surface area contributed by atoms with Crippen LogP contribution in [-0.2, 0) is 55.7 Å². The zero-order valence-electron chi connectivity index (χ0n) is 26.1. The molecule has 14 nitrogen and oxygen atoms in total. The Hall–Kier alpha value is -4.85. The molecule has 14 heteroatoms. The van der Waals surface area contributed by atoms with Crippen molar-refractivity contribution >= 4 is 29.7 Å². The lowest BCUT2D eigenvalue weighted by molar-refractivity contribution is -0.255. The molecule has 4 rings (SSSR count). The lowest BCUT2D eigenvalue weighted by atomic mass is 9.94. The molecule has 0 bridgehead atoms. The van der Waals surface area contributed by atoms with Crippen LogP contribution in [0.3, 0.4) is 0 Å². The molecule has 5 unspecified atom stereocenters. The highest BCUT2D eigenvalue weighted by Crippen LogP contribution is 2.35. The van der Waals surface area contributed by atoms with Gasteiger partial charge in [0.15, 0.2) is 35.6 Å². The van der Waals surface area contributed by atoms with E-state index in [2.05, 4.69) is 0 Å². The third kappa shape index (κ3) is 8.44. The molecule has 0 aliphatic carbocycles. The van der Waals surface area contributed by atoms with Crippen LogP contribution in [0.1, 0.15) is 56.1 Å². The minimum Gasteiger partial charge on any atom is -0.507 e. The predicted octanol–water partition coefficient (Wildman–Crippen LogP) is 2.61. The molecule has 0 saturated carbocycles. The quantitative estimate of drug-likeness (QED) is 0.202. The number of aromatic hydroxyl groups is 1. The Labute approximate surface area is 264 Å². The van der Waals surface area contributed by atoms with Gasteiger partial charge in [0.25, 0.3) is 0 Å². The number of rotatable bonds is 12. The first-order valence-corrected chi connectivity index (χ1v) is 14.6. The molecule has 46 heavy (non-hydrogen) atoms. The first-order chi connectivity index (χ1) is 21.9. The Bertz CT molecular complexity index is 1480. The van der Waals surface area contributed by atoms with Crippen LogP contribution in [0.15, 0.2) is 30.3 Å². The average molecular weight is 645 g/mol. The van der Waals surface area contributed by atoms with Crippen LogP contribution in [0.4, 0.5) is 0 Å². The maximum Gasteiger partial charge on any atom is 0.303 e. The number of phenols is 1. The van der Waals surface area contributed by atoms with Gasteiger partial charge in [0, 0.05) is 40.2 Å². The third-order valence-electron chi connectivity index (χ3n) is 7.15. The SMILES string of the molecule is CCc1cc(C(=O)Cc2ccc3c(c2)OCO3)c(O)cc1OCC1OC(COC(C)=O)C(OC(C)=O)C(OC(C)=O)C1OC(C)=O. The Morgan fingerprint density at radius 2 is 1.39 bits per heavy atom. The standard InChI is InChI=1S/C32H36O14/c1-6-21-11-22(23(37)9-20-7-8-25-27(10-20)42-15-41-25)24(38)12-26(21)40-14-29-31(44-18(4)35)32(45-19(5)36)30(43-17(3)34)28(46-29)13-39-16(2)33/h7-8,10-12,28-32,38H,6,9,13-15H2,1-5H3. The van der Waals surface area contributed by atoms with Crippen LogP contribution in [0.2, 0.25) is 0 Å². The summed E-state index contributed by atoms with van der Waals surface area (Å²) < 4.78 is 44.2. The predicted molar refractivity (Wildman–Crippen MR) is 156 cm³/mol. The maximum atomic E-state index is 13.2. The molecule has 0 aromatic heterocycles. The van der Waals surface area contributed by atoms with Crippen LogP contribution < -0.4 is 14.2 Å². The minimum absolute atomic E-state index is 0.00169. The number of aryl methyl sites for hydroxylation is 1. The number of esters is 4. The van der Waals surface area contributed by atoms with Gasteiger partial charge in [-0.3, -0.25) is 24.0 Å². The van der Waals surface area contributed by atoms with Crippen molar-refractivity contribution in [3.05, 3.63) is 47.0 Å². The van der Waals surface area contributed by atoms with Gasteiger partial charge < -0.3 is 43.0 Å². The van der Waals surface area contributed by atoms with E-state index in [-0.39, 0.29) is 49.3 Å². The zero-order chi connectivity index (χ0) is 33.5. The second-order valence-corrected chi connectivity index (χ2v) is 10.7. The van der Waals surface area contributed by atoms with Crippen molar-refractivity contribution in [2.45, 2.75) is 78.0 Å². The van der Waals surface area contributed by atoms with E-state index >= 15 is 0 Å². The van der Waals surface area contributed by atoms with Crippen molar-refractivity contribution in [1.29, 1.82) is 0 Å². The van der Waals surface area contributed by atoms with E-state index in [4.69, 9.17) is 37.9 Å². The molecule has 2 aliphatic heterocycles. The number of carbonyl (C=O) groups excluding carboxylic acids is 5. The number of ether oxygens (including phenoxy) is 8. The van der Waals surface area contributed by atoms with Gasteiger partial charge in [-0.25, -0.2) is 0 Å². The van der Waals surface area contributed by atoms with E-state index in [0.717, 1.165) is 20.8 Å². The third-order valence-corrected chi connectivity index (χ3v) is 7.15. The fourth-order valence-electron chi connectivity index (χ4n) is 5.20. The van der Waals surface area contributed by atoms with Crippen LogP contribution >= 0.6 is 0 Å². The molecule has 2 aromatic carbocycles. The number of ketones is 1. The Kier molecular flexibility index (Phi) is 11.1. The molecule has 1 saturated heterocycles. The summed E-state index contributed by atoms with van der Waals surface area (Å²) in [7, 11) is 0. The first-order valence-electron chi connectivity index (χ1n) is 14.6. The van der Waals surface area contributed by atoms with Gasteiger partial charge in [0.1, 0.15) is 36.9 Å². The average Bonchev–Trinajstić information content (AvgIpc) is 3.45. The van der Waals surface area contributed by atoms with E-state index in [0.29, 0.717) is 29.0 Å². The summed E-state index contributed by atoms with van der Waals surface area (Å²) in [4.78, 5) is 60.9. The van der Waals surface area contributed by atoms with Crippen molar-refractivity contribution in [2.24, 2.45) is 0 Å². The van der Waals surface area contributed by atoms with E-state index < -0.39 is 54.4 Å². The van der Waals surface area contributed by atoms with Gasteiger partial charge in [0.2, 0.25) is 6.79 Å². The molecule has 5 atom stereocenters. The van der Waals surface area contributed by atoms with Gasteiger partial charge in [-0.2, -0.15) is 0 Å². The Morgan fingerprint density at radius 3 is 2.00 bits per heavy atom. The lowest BCUT2D eigenvalue weighted by Crippen LogP contribution is -2.63. The molecule has 0 amide bonds. The molecular formula is C32H36O14. The van der Waals surface area contributed by atoms with Crippen LogP contribution in [0.25, 0.3) is 0 Å². The molecule has 1 fully saturated rings. The van der Waals surface area contributed by atoms with Crippen molar-refractivity contribution in [3.8, 4) is 23.0 Å². The van der Waals surface area contributed by atoms with E-state index in [1.807, 2.05) is 6.92 Å². The highest BCUT2D eigenvalue weighted by atomic mass is 16.7. The van der Waals surface area contributed by atoms with Crippen molar-refractivity contribution in [3.63, 3.8) is 0 Å². The number of hydrogen-bond donors (Lipinski definition) is 1. The normalized spacial score (nSPS) is 21.5. The number of fused-ring (bicyclic) bond motifs is 1. The van der Waals surface area contributed by atoms with Gasteiger partial charge in [-0.15, -0.1) is 0 Å². The van der Waals surface area contributed by atoms with Crippen molar-refractivity contribution in [1.82, 2.24) is 0 Å². The number of carbonyl (C=O) groups is 5. The topological polar surface area (TPSA) is 179 Å². The fourth-order valence-corrected chi connectivity index (χ4v) is 5.20. The number of phenolic OH excluding ortho intramolecular Hbond substituents is 1. The minimum atomic E-state index is -1.34. The maximum absolute atomic E-state index is 13.2. The molecule has 2 aromatic rings. The summed E-state index contributed by atoms with van der Waals surface area (Å²) in [6.07, 6.45) is -5.79. The van der Waals surface area contributed by atoms with Gasteiger partial charge in [-0.1, -0.05) is 13.0 Å². The largest absolute Gasteiger partial charge is 0.507 e. The highest BCUT2D eigenvalue weighted by molar-refractivity contribution is 6.00. The monoisotopic (exact) mass is 644 g/mol. The Morgan fingerprint density at radius 1 is 0.783 bits per heavy atom. The number of hydrogen-bond acceptors (Lipinski definition) is 14. The zero-order valence-corrected chi connectivity index (χ0v) is 26.1. The van der Waals surface area contributed by atoms with E-state index in [1.165, 1.54) is 19.1 Å². The van der Waals surface area contributed by atoms with Crippen LogP contribution in [-0.4, -0.2) is 85.3 Å². The second kappa shape index (κ2) is 15.0. The molecule has 2 heterocycles. The van der Waals surface area contributed by atoms with Gasteiger partial charge in [-0.05, 0) is 35.7 Å². The molecule has 0 spiro atoms. The number of benzene rings is 2. The molecular weight excluding hydrogens is 608 g/mol. The molecule has 248 valence electrons. The molecule has 0 radical (unpaired) electrons. The van der Waals surface area contributed by atoms with Gasteiger partial charge >= 0.3 is 23.9 Å². The number of Topliss-reactive ketones (excluding diaryl/α,β-unsaturated/α-hetero) is 1. The van der Waals surface area contributed by atoms with Crippen LogP contribution in [0, 0.1) is 0 Å². The highest BCUT2D eigenvalue weighted by Gasteiger charge is 2.52. The second-order valence-electron chi connectivity index (χ2n) is 10.7. The molecule has 1 N–H and O–H groups in total. The van der Waals surface area contributed by atoms with Gasteiger partial charge in [0.05, 0.1) is 5.56 Å². The summed E-state index contributed by atoms with van der Waals surface area (Å²) >= 11 is 0. The lowest BCUT2D eigenvalue weighted by Gasteiger charge is -2.44. The Balaban J connectivity index is 1.58. The summed E-state index contributed by atoms with van der Waals surface area (Å²) in [5.41, 5.74) is 1.35. The summed E-state index contributed by atoms with van der Waals surface area (Å²) in [5.74, 6) is -2.20. The van der Waals surface area contributed by atoms with Crippen molar-refractivity contribution < 1.29 is 67.0 Å².